The maximum atomic E-state index is 16.1. The van der Waals surface area contributed by atoms with Gasteiger partial charge in [0.05, 0.1) is 23.0 Å². The third-order valence-electron chi connectivity index (χ3n) is 9.22. The van der Waals surface area contributed by atoms with E-state index in [-0.39, 0.29) is 18.9 Å². The SMILES string of the molecule is CC.CC12CN(Cc3ccc(Cl)c(C4(O)CCC4)c3)CCC1(c1ccc3ncc(N4CCC(=O)NC4=O)cc3c1F)O2. The predicted molar refractivity (Wildman–Crippen MR) is 159 cm³/mol. The van der Waals surface area contributed by atoms with Crippen LogP contribution in [0.3, 0.4) is 0 Å². The van der Waals surface area contributed by atoms with Crippen molar-refractivity contribution in [2.24, 2.45) is 0 Å². The summed E-state index contributed by atoms with van der Waals surface area (Å²) in [5, 5.41) is 14.1. The van der Waals surface area contributed by atoms with Gasteiger partial charge in [-0.25, -0.2) is 9.18 Å². The zero-order valence-electron chi connectivity index (χ0n) is 24.2. The molecule has 1 aromatic heterocycles. The molecule has 1 saturated carbocycles. The number of aliphatic hydroxyl groups is 1. The van der Waals surface area contributed by atoms with E-state index >= 15 is 4.39 Å². The number of benzene rings is 2. The van der Waals surface area contributed by atoms with E-state index in [4.69, 9.17) is 16.3 Å². The van der Waals surface area contributed by atoms with E-state index in [1.165, 1.54) is 11.1 Å². The second-order valence-electron chi connectivity index (χ2n) is 11.8. The third kappa shape index (κ3) is 4.67. The standard InChI is InChI=1S/C30H30ClFN4O4.C2H6/c1-28-17-35(16-18-3-5-23(31)22(13-18)29(39)8-2-9-29)12-10-30(28,40-28)21-4-6-24-20(26(21)32)14-19(15-33-24)36-11-7-25(37)34-27(36)38;1-2/h3-6,13-15,39H,2,7-12,16-17H2,1H3,(H,34,37,38);1-2H3. The highest BCUT2D eigenvalue weighted by atomic mass is 35.5. The first-order valence-corrected chi connectivity index (χ1v) is 15.1. The highest BCUT2D eigenvalue weighted by Crippen LogP contribution is 2.61. The molecule has 4 heterocycles. The van der Waals surface area contributed by atoms with Gasteiger partial charge >= 0.3 is 6.03 Å². The Morgan fingerprint density at radius 3 is 2.57 bits per heavy atom. The van der Waals surface area contributed by atoms with Gasteiger partial charge in [-0.3, -0.25) is 24.9 Å². The Balaban J connectivity index is 0.00000155. The van der Waals surface area contributed by atoms with E-state index in [2.05, 4.69) is 15.2 Å². The minimum Gasteiger partial charge on any atom is -0.385 e. The number of fused-ring (bicyclic) bond motifs is 2. The molecule has 0 bridgehead atoms. The Morgan fingerprint density at radius 2 is 1.88 bits per heavy atom. The fourth-order valence-corrected chi connectivity index (χ4v) is 7.05. The average molecular weight is 595 g/mol. The monoisotopic (exact) mass is 594 g/mol. The molecular weight excluding hydrogens is 559 g/mol. The van der Waals surface area contributed by atoms with E-state index in [0.717, 1.165) is 36.9 Å². The van der Waals surface area contributed by atoms with Crippen molar-refractivity contribution in [1.29, 1.82) is 0 Å². The summed E-state index contributed by atoms with van der Waals surface area (Å²) in [7, 11) is 0. The van der Waals surface area contributed by atoms with Gasteiger partial charge < -0.3 is 9.84 Å². The first-order valence-electron chi connectivity index (χ1n) is 14.7. The lowest BCUT2D eigenvalue weighted by Crippen LogP contribution is -2.49. The smallest absolute Gasteiger partial charge is 0.328 e. The van der Waals surface area contributed by atoms with Crippen LogP contribution in [0.1, 0.15) is 69.6 Å². The summed E-state index contributed by atoms with van der Waals surface area (Å²) in [5.41, 5.74) is 1.19. The summed E-state index contributed by atoms with van der Waals surface area (Å²) in [6, 6.07) is 10.5. The summed E-state index contributed by atoms with van der Waals surface area (Å²) in [5.74, 6) is -0.722. The van der Waals surface area contributed by atoms with Crippen LogP contribution in [0.25, 0.3) is 10.9 Å². The number of carbonyl (C=O) groups excluding carboxylic acids is 2. The Hall–Kier alpha value is -3.11. The second kappa shape index (κ2) is 10.6. The van der Waals surface area contributed by atoms with Crippen LogP contribution in [0.5, 0.6) is 0 Å². The fourth-order valence-electron chi connectivity index (χ4n) is 6.76. The number of amides is 3. The number of epoxide rings is 1. The zero-order chi connectivity index (χ0) is 29.9. The highest BCUT2D eigenvalue weighted by Gasteiger charge is 2.70. The first-order chi connectivity index (χ1) is 20.1. The lowest BCUT2D eigenvalue weighted by molar-refractivity contribution is -0.120. The minimum absolute atomic E-state index is 0.177. The molecule has 4 aliphatic rings. The number of nitrogens with one attached hydrogen (secondary N) is 1. The van der Waals surface area contributed by atoms with Crippen LogP contribution < -0.4 is 10.2 Å². The van der Waals surface area contributed by atoms with E-state index in [1.54, 1.807) is 18.2 Å². The number of piperidine rings is 1. The summed E-state index contributed by atoms with van der Waals surface area (Å²) in [4.78, 5) is 32.0. The molecule has 3 saturated heterocycles. The number of anilines is 1. The van der Waals surface area contributed by atoms with Crippen LogP contribution >= 0.6 is 11.6 Å². The number of hydrogen-bond donors (Lipinski definition) is 2. The van der Waals surface area contributed by atoms with Crippen LogP contribution in [-0.4, -0.2) is 52.2 Å². The molecule has 2 atom stereocenters. The lowest BCUT2D eigenvalue weighted by Gasteiger charge is -2.38. The molecule has 0 radical (unpaired) electrons. The van der Waals surface area contributed by atoms with E-state index in [0.29, 0.717) is 46.7 Å². The number of nitrogens with zero attached hydrogens (tertiary/aromatic N) is 3. The van der Waals surface area contributed by atoms with Crippen molar-refractivity contribution >= 4 is 40.1 Å². The molecule has 222 valence electrons. The number of pyridine rings is 1. The number of ether oxygens (including phenoxy) is 1. The Morgan fingerprint density at radius 1 is 1.10 bits per heavy atom. The summed E-state index contributed by atoms with van der Waals surface area (Å²) in [6.07, 6.45) is 4.78. The average Bonchev–Trinajstić information content (AvgIpc) is 3.59. The quantitative estimate of drug-likeness (QED) is 0.365. The van der Waals surface area contributed by atoms with E-state index in [1.807, 2.05) is 39.0 Å². The first kappa shape index (κ1) is 29.0. The van der Waals surface area contributed by atoms with Gasteiger partial charge in [-0.05, 0) is 56.4 Å². The summed E-state index contributed by atoms with van der Waals surface area (Å²) in [6.45, 7) is 8.27. The maximum Gasteiger partial charge on any atom is 0.328 e. The van der Waals surface area contributed by atoms with Gasteiger partial charge in [0.15, 0.2) is 0 Å². The molecule has 2 aromatic carbocycles. The van der Waals surface area contributed by atoms with Crippen LogP contribution in [0.15, 0.2) is 42.6 Å². The summed E-state index contributed by atoms with van der Waals surface area (Å²) < 4.78 is 22.5. The third-order valence-corrected chi connectivity index (χ3v) is 9.55. The molecule has 10 heteroatoms. The molecular formula is C32H36ClFN4O4. The topological polar surface area (TPSA) is 98.3 Å². The van der Waals surface area contributed by atoms with Crippen molar-refractivity contribution in [2.45, 2.75) is 76.2 Å². The Labute approximate surface area is 249 Å². The Bertz CT molecular complexity index is 1580. The van der Waals surface area contributed by atoms with Crippen molar-refractivity contribution in [1.82, 2.24) is 15.2 Å². The summed E-state index contributed by atoms with van der Waals surface area (Å²) >= 11 is 6.43. The molecule has 2 unspecified atom stereocenters. The van der Waals surface area contributed by atoms with Crippen molar-refractivity contribution < 1.29 is 23.8 Å². The molecule has 3 amide bonds. The number of aromatic nitrogens is 1. The normalized spacial score (nSPS) is 26.6. The number of likely N-dealkylation sites (tertiary alicyclic amines) is 1. The van der Waals surface area contributed by atoms with Gasteiger partial charge in [-0.15, -0.1) is 0 Å². The predicted octanol–water partition coefficient (Wildman–Crippen LogP) is 5.76. The Kier molecular flexibility index (Phi) is 7.28. The van der Waals surface area contributed by atoms with E-state index in [9.17, 15) is 14.7 Å². The largest absolute Gasteiger partial charge is 0.385 e. The zero-order valence-corrected chi connectivity index (χ0v) is 24.9. The highest BCUT2D eigenvalue weighted by molar-refractivity contribution is 6.31. The molecule has 7 rings (SSSR count). The molecule has 0 spiro atoms. The number of carbonyl (C=O) groups is 2. The van der Waals surface area contributed by atoms with E-state index < -0.39 is 28.7 Å². The van der Waals surface area contributed by atoms with Crippen molar-refractivity contribution in [3.63, 3.8) is 0 Å². The molecule has 3 aromatic rings. The number of hydrogen-bond acceptors (Lipinski definition) is 6. The van der Waals surface area contributed by atoms with Crippen molar-refractivity contribution in [3.05, 3.63) is 70.1 Å². The number of imide groups is 1. The molecule has 42 heavy (non-hydrogen) atoms. The van der Waals surface area contributed by atoms with Crippen LogP contribution in [0.2, 0.25) is 5.02 Å². The minimum atomic E-state index is -0.826. The van der Waals surface area contributed by atoms with Gasteiger partial charge in [0.1, 0.15) is 17.0 Å². The molecule has 8 nitrogen and oxygen atoms in total. The second-order valence-corrected chi connectivity index (χ2v) is 12.2. The molecule has 4 fully saturated rings. The van der Waals surface area contributed by atoms with Crippen molar-refractivity contribution in [2.75, 3.05) is 24.5 Å². The van der Waals surface area contributed by atoms with Gasteiger partial charge in [0.2, 0.25) is 5.91 Å². The van der Waals surface area contributed by atoms with Gasteiger partial charge in [-0.2, -0.15) is 0 Å². The number of urea groups is 1. The molecule has 3 aliphatic heterocycles. The van der Waals surface area contributed by atoms with Crippen molar-refractivity contribution in [3.8, 4) is 0 Å². The molecule has 2 N–H and O–H groups in total. The lowest BCUT2D eigenvalue weighted by atomic mass is 9.75. The number of rotatable bonds is 5. The van der Waals surface area contributed by atoms with Gasteiger partial charge in [0.25, 0.3) is 0 Å². The van der Waals surface area contributed by atoms with Crippen LogP contribution in [0, 0.1) is 5.82 Å². The van der Waals surface area contributed by atoms with Gasteiger partial charge in [0, 0.05) is 54.1 Å². The molecule has 1 aliphatic carbocycles. The van der Waals surface area contributed by atoms with Crippen LogP contribution in [0.4, 0.5) is 14.9 Å². The van der Waals surface area contributed by atoms with Crippen LogP contribution in [-0.2, 0) is 27.3 Å². The fraction of sp³-hybridized carbons (Fsp3) is 0.469. The number of halogens is 2. The maximum absolute atomic E-state index is 16.1. The van der Waals surface area contributed by atoms with Gasteiger partial charge in [-0.1, -0.05) is 43.6 Å².